The zero-order valence-corrected chi connectivity index (χ0v) is 22.2. The summed E-state index contributed by atoms with van der Waals surface area (Å²) in [4.78, 5) is 23.8. The van der Waals surface area contributed by atoms with E-state index in [1.165, 1.54) is 0 Å². The third kappa shape index (κ3) is 5.31. The van der Waals surface area contributed by atoms with Crippen LogP contribution in [0.5, 0.6) is 0 Å². The van der Waals surface area contributed by atoms with Crippen LogP contribution >= 0.6 is 0 Å². The van der Waals surface area contributed by atoms with Crippen molar-refractivity contribution in [3.8, 4) is 22.3 Å². The molecule has 198 valence electrons. The molecule has 0 saturated carbocycles. The molecule has 0 radical (unpaired) electrons. The van der Waals surface area contributed by atoms with E-state index in [0.717, 1.165) is 65.1 Å². The molecule has 1 saturated heterocycles. The predicted octanol–water partition coefficient (Wildman–Crippen LogP) is 3.36. The number of aromatic nitrogens is 5. The molecule has 1 atom stereocenters. The monoisotopic (exact) mass is 514 g/mol. The summed E-state index contributed by atoms with van der Waals surface area (Å²) in [6.07, 6.45) is 11.2. The molecule has 0 aliphatic carbocycles. The highest BCUT2D eigenvalue weighted by Crippen LogP contribution is 2.33. The summed E-state index contributed by atoms with van der Waals surface area (Å²) in [7, 11) is 3.55. The summed E-state index contributed by atoms with van der Waals surface area (Å²) >= 11 is 0. The predicted molar refractivity (Wildman–Crippen MR) is 148 cm³/mol. The number of nitrogens with one attached hydrogen (secondary N) is 1. The van der Waals surface area contributed by atoms with E-state index in [4.69, 9.17) is 9.72 Å². The largest absolute Gasteiger partial charge is 0.383 e. The first-order valence-corrected chi connectivity index (χ1v) is 12.9. The van der Waals surface area contributed by atoms with Crippen molar-refractivity contribution in [1.82, 2.24) is 29.7 Å². The van der Waals surface area contributed by atoms with E-state index in [0.29, 0.717) is 13.2 Å². The van der Waals surface area contributed by atoms with Gasteiger partial charge in [0.05, 0.1) is 31.1 Å². The Morgan fingerprint density at radius 1 is 1.16 bits per heavy atom. The van der Waals surface area contributed by atoms with Crippen LogP contribution in [0.1, 0.15) is 25.3 Å². The number of rotatable bonds is 9. The second kappa shape index (κ2) is 11.1. The molecule has 1 aliphatic rings. The number of carbonyl (C=O) groups excluding carboxylic acids is 1. The van der Waals surface area contributed by atoms with Gasteiger partial charge < -0.3 is 15.0 Å². The number of ether oxygens (including phenoxy) is 1. The van der Waals surface area contributed by atoms with Crippen LogP contribution in [-0.4, -0.2) is 69.9 Å². The SMILES string of the molecule is C=NCc1cnn2cc(-c3cnn(C)c3)cc(-c3ccc(N4CCC(C(=O)NC(C)COC)CC4)nc3)c12. The highest BCUT2D eigenvalue weighted by molar-refractivity contribution is 5.86. The lowest BCUT2D eigenvalue weighted by Crippen LogP contribution is -2.44. The van der Waals surface area contributed by atoms with Gasteiger partial charge in [0.25, 0.3) is 0 Å². The highest BCUT2D eigenvalue weighted by atomic mass is 16.5. The van der Waals surface area contributed by atoms with Crippen LogP contribution in [0.15, 0.2) is 54.2 Å². The zero-order chi connectivity index (χ0) is 26.6. The minimum Gasteiger partial charge on any atom is -0.383 e. The maximum Gasteiger partial charge on any atom is 0.223 e. The number of carbonyl (C=O) groups is 1. The second-order valence-corrected chi connectivity index (χ2v) is 9.92. The van der Waals surface area contributed by atoms with E-state index in [1.54, 1.807) is 11.8 Å². The zero-order valence-electron chi connectivity index (χ0n) is 22.2. The number of hydrogen-bond acceptors (Lipinski definition) is 7. The van der Waals surface area contributed by atoms with Crippen LogP contribution in [0.25, 0.3) is 27.8 Å². The van der Waals surface area contributed by atoms with E-state index >= 15 is 0 Å². The number of methoxy groups -OCH3 is 1. The van der Waals surface area contributed by atoms with Gasteiger partial charge in [-0.05, 0) is 44.7 Å². The lowest BCUT2D eigenvalue weighted by atomic mass is 9.95. The van der Waals surface area contributed by atoms with Gasteiger partial charge in [-0.15, -0.1) is 0 Å². The Labute approximate surface area is 222 Å². The molecule has 1 unspecified atom stereocenters. The Hall–Kier alpha value is -4.05. The normalized spacial score (nSPS) is 15.1. The summed E-state index contributed by atoms with van der Waals surface area (Å²) in [5.74, 6) is 1.05. The van der Waals surface area contributed by atoms with Crippen molar-refractivity contribution >= 4 is 24.0 Å². The van der Waals surface area contributed by atoms with E-state index in [1.807, 2.05) is 49.5 Å². The van der Waals surface area contributed by atoms with E-state index in [9.17, 15) is 4.79 Å². The molecule has 0 bridgehead atoms. The van der Waals surface area contributed by atoms with Gasteiger partial charge in [0, 0.05) is 85.6 Å². The highest BCUT2D eigenvalue weighted by Gasteiger charge is 2.26. The van der Waals surface area contributed by atoms with Crippen LogP contribution in [-0.2, 0) is 23.1 Å². The van der Waals surface area contributed by atoms with Gasteiger partial charge in [-0.25, -0.2) is 9.50 Å². The summed E-state index contributed by atoms with van der Waals surface area (Å²) in [6.45, 7) is 8.22. The van der Waals surface area contributed by atoms with Crippen molar-refractivity contribution in [2.75, 3.05) is 31.7 Å². The molecule has 4 aromatic rings. The van der Waals surface area contributed by atoms with Crippen LogP contribution in [0.2, 0.25) is 0 Å². The Balaban J connectivity index is 1.37. The fourth-order valence-electron chi connectivity index (χ4n) is 5.13. The number of pyridine rings is 2. The van der Waals surface area contributed by atoms with Crippen molar-refractivity contribution in [3.63, 3.8) is 0 Å². The molecule has 0 spiro atoms. The molecule has 1 N–H and O–H groups in total. The van der Waals surface area contributed by atoms with Gasteiger partial charge in [0.15, 0.2) is 0 Å². The fourth-order valence-corrected chi connectivity index (χ4v) is 5.13. The van der Waals surface area contributed by atoms with Gasteiger partial charge in [0.1, 0.15) is 5.82 Å². The Bertz CT molecular complexity index is 1420. The van der Waals surface area contributed by atoms with E-state index in [2.05, 4.69) is 50.3 Å². The summed E-state index contributed by atoms with van der Waals surface area (Å²) in [6, 6.07) is 6.34. The molecular formula is C28H34N8O2. The number of piperidine rings is 1. The van der Waals surface area contributed by atoms with Gasteiger partial charge in [-0.2, -0.15) is 10.2 Å². The van der Waals surface area contributed by atoms with E-state index < -0.39 is 0 Å². The standard InChI is InChI=1S/C28H34N8O2/c1-19(18-38-4)33-28(37)20-7-9-35(10-8-20)26-6-5-21(13-30-26)25-11-22(24-15-31-34(3)16-24)17-36-27(25)23(12-29-2)14-32-36/h5-6,11,13-17,19-20H,2,7-10,12,18H2,1,3-4H3,(H,33,37). The Morgan fingerprint density at radius 2 is 1.97 bits per heavy atom. The Morgan fingerprint density at radius 3 is 2.63 bits per heavy atom. The number of aryl methyl sites for hydroxylation is 1. The maximum absolute atomic E-state index is 12.6. The average Bonchev–Trinajstić information content (AvgIpc) is 3.55. The van der Waals surface area contributed by atoms with Crippen molar-refractivity contribution in [2.45, 2.75) is 32.4 Å². The first-order chi connectivity index (χ1) is 18.5. The van der Waals surface area contributed by atoms with Crippen molar-refractivity contribution in [3.05, 3.63) is 54.7 Å². The Kier molecular flexibility index (Phi) is 7.50. The molecule has 10 heteroatoms. The van der Waals surface area contributed by atoms with Crippen molar-refractivity contribution in [2.24, 2.45) is 18.0 Å². The third-order valence-corrected chi connectivity index (χ3v) is 7.06. The van der Waals surface area contributed by atoms with Gasteiger partial charge in [0.2, 0.25) is 5.91 Å². The molecule has 38 heavy (non-hydrogen) atoms. The number of hydrogen-bond donors (Lipinski definition) is 1. The molecular weight excluding hydrogens is 480 g/mol. The van der Waals surface area contributed by atoms with Crippen molar-refractivity contribution < 1.29 is 9.53 Å². The molecule has 10 nitrogen and oxygen atoms in total. The third-order valence-electron chi connectivity index (χ3n) is 7.06. The fraction of sp³-hybridized carbons (Fsp3) is 0.393. The molecule has 4 aromatic heterocycles. The van der Waals surface area contributed by atoms with Crippen LogP contribution in [0.3, 0.4) is 0 Å². The molecule has 1 aliphatic heterocycles. The smallest absolute Gasteiger partial charge is 0.223 e. The minimum atomic E-state index is 0.0152. The molecule has 5 rings (SSSR count). The molecule has 1 amide bonds. The quantitative estimate of drug-likeness (QED) is 0.344. The summed E-state index contributed by atoms with van der Waals surface area (Å²) in [5.41, 5.74) is 6.07. The van der Waals surface area contributed by atoms with Gasteiger partial charge in [-0.3, -0.25) is 14.5 Å². The number of amides is 1. The number of nitrogens with zero attached hydrogens (tertiary/aromatic N) is 7. The number of aliphatic imine (C=N–C) groups is 1. The van der Waals surface area contributed by atoms with Crippen molar-refractivity contribution in [1.29, 1.82) is 0 Å². The van der Waals surface area contributed by atoms with E-state index in [-0.39, 0.29) is 17.9 Å². The summed E-state index contributed by atoms with van der Waals surface area (Å²) in [5, 5.41) is 12.0. The van der Waals surface area contributed by atoms with Gasteiger partial charge in [-0.1, -0.05) is 0 Å². The molecule has 1 fully saturated rings. The summed E-state index contributed by atoms with van der Waals surface area (Å²) < 4.78 is 8.82. The first kappa shape index (κ1) is 25.6. The lowest BCUT2D eigenvalue weighted by molar-refractivity contribution is -0.126. The minimum absolute atomic E-state index is 0.0152. The number of anilines is 1. The topological polar surface area (TPSA) is 102 Å². The average molecular weight is 515 g/mol. The molecule has 0 aromatic carbocycles. The van der Waals surface area contributed by atoms with Crippen LogP contribution in [0.4, 0.5) is 5.82 Å². The maximum atomic E-state index is 12.6. The first-order valence-electron chi connectivity index (χ1n) is 12.9. The number of fused-ring (bicyclic) bond motifs is 1. The van der Waals surface area contributed by atoms with Crippen LogP contribution < -0.4 is 10.2 Å². The lowest BCUT2D eigenvalue weighted by Gasteiger charge is -2.32. The molecule has 5 heterocycles. The van der Waals surface area contributed by atoms with Gasteiger partial charge >= 0.3 is 0 Å². The van der Waals surface area contributed by atoms with Crippen LogP contribution in [0, 0.1) is 5.92 Å². The second-order valence-electron chi connectivity index (χ2n) is 9.92.